The van der Waals surface area contributed by atoms with E-state index < -0.39 is 4.92 Å². The minimum absolute atomic E-state index is 0.0667. The Bertz CT molecular complexity index is 628. The number of nitrogen functional groups attached to an aromatic ring is 1. The van der Waals surface area contributed by atoms with Crippen molar-refractivity contribution in [3.63, 3.8) is 0 Å². The van der Waals surface area contributed by atoms with Gasteiger partial charge < -0.3 is 15.2 Å². The van der Waals surface area contributed by atoms with Crippen molar-refractivity contribution in [1.82, 2.24) is 0 Å². The first-order chi connectivity index (χ1) is 9.60. The lowest BCUT2D eigenvalue weighted by Crippen LogP contribution is -1.95. The van der Waals surface area contributed by atoms with Gasteiger partial charge in [-0.15, -0.1) is 0 Å². The first-order valence-electron chi connectivity index (χ1n) is 5.90. The van der Waals surface area contributed by atoms with E-state index in [1.165, 1.54) is 18.2 Å². The Hall–Kier alpha value is -2.60. The van der Waals surface area contributed by atoms with Gasteiger partial charge in [0.15, 0.2) is 5.75 Å². The highest BCUT2D eigenvalue weighted by Crippen LogP contribution is 2.30. The Morgan fingerprint density at radius 3 is 2.70 bits per heavy atom. The number of benzene rings is 2. The topological polar surface area (TPSA) is 87.6 Å². The maximum atomic E-state index is 10.6. The van der Waals surface area contributed by atoms with Crippen molar-refractivity contribution in [3.05, 3.63) is 58.1 Å². The first-order valence-corrected chi connectivity index (χ1v) is 5.90. The lowest BCUT2D eigenvalue weighted by Gasteiger charge is -2.09. The van der Waals surface area contributed by atoms with Gasteiger partial charge in [-0.2, -0.15) is 0 Å². The molecule has 6 nitrogen and oxygen atoms in total. The number of hydrogen-bond donors (Lipinski definition) is 1. The van der Waals surface area contributed by atoms with E-state index in [0.717, 1.165) is 5.56 Å². The number of nitro groups is 1. The maximum absolute atomic E-state index is 10.6. The van der Waals surface area contributed by atoms with Gasteiger partial charge in [-0.1, -0.05) is 12.1 Å². The average molecular weight is 274 g/mol. The van der Waals surface area contributed by atoms with Gasteiger partial charge in [-0.25, -0.2) is 0 Å². The lowest BCUT2D eigenvalue weighted by atomic mass is 10.2. The number of non-ortho nitro benzene ring substituents is 1. The first kappa shape index (κ1) is 13.8. The molecule has 6 heteroatoms. The van der Waals surface area contributed by atoms with Gasteiger partial charge in [-0.05, 0) is 23.8 Å². The Balaban J connectivity index is 2.21. The average Bonchev–Trinajstić information content (AvgIpc) is 2.42. The standard InChI is InChI=1S/C14H14N2O4/c1-19-9-10-3-2-4-12(7-10)20-14-6-5-11(16(17)18)8-13(14)15/h2-8H,9,15H2,1H3. The van der Waals surface area contributed by atoms with Crippen LogP contribution in [0.1, 0.15) is 5.56 Å². The zero-order valence-corrected chi connectivity index (χ0v) is 10.9. The van der Waals surface area contributed by atoms with Gasteiger partial charge in [0.2, 0.25) is 0 Å². The molecule has 0 atom stereocenters. The highest BCUT2D eigenvalue weighted by molar-refractivity contribution is 5.59. The molecule has 0 aliphatic carbocycles. The Morgan fingerprint density at radius 1 is 1.25 bits per heavy atom. The number of anilines is 1. The van der Waals surface area contributed by atoms with E-state index in [9.17, 15) is 10.1 Å². The van der Waals surface area contributed by atoms with E-state index in [4.69, 9.17) is 15.2 Å². The summed E-state index contributed by atoms with van der Waals surface area (Å²) >= 11 is 0. The molecule has 0 saturated carbocycles. The minimum atomic E-state index is -0.501. The van der Waals surface area contributed by atoms with E-state index in [-0.39, 0.29) is 11.4 Å². The highest BCUT2D eigenvalue weighted by atomic mass is 16.6. The van der Waals surface area contributed by atoms with Crippen LogP contribution >= 0.6 is 0 Å². The smallest absolute Gasteiger partial charge is 0.271 e. The fourth-order valence-corrected chi connectivity index (χ4v) is 1.73. The highest BCUT2D eigenvalue weighted by Gasteiger charge is 2.10. The van der Waals surface area contributed by atoms with E-state index in [1.54, 1.807) is 13.2 Å². The predicted octanol–water partition coefficient (Wildman–Crippen LogP) is 3.12. The minimum Gasteiger partial charge on any atom is -0.455 e. The number of rotatable bonds is 5. The van der Waals surface area contributed by atoms with Crippen molar-refractivity contribution in [2.24, 2.45) is 0 Å². The van der Waals surface area contributed by atoms with E-state index in [1.807, 2.05) is 18.2 Å². The van der Waals surface area contributed by atoms with E-state index in [2.05, 4.69) is 0 Å². The number of nitro benzene ring substituents is 1. The Kier molecular flexibility index (Phi) is 4.17. The summed E-state index contributed by atoms with van der Waals surface area (Å²) in [6.45, 7) is 0.479. The summed E-state index contributed by atoms with van der Waals surface area (Å²) in [5, 5.41) is 10.6. The van der Waals surface area contributed by atoms with Gasteiger partial charge in [0.1, 0.15) is 5.75 Å². The molecule has 0 aromatic heterocycles. The van der Waals surface area contributed by atoms with E-state index >= 15 is 0 Å². The monoisotopic (exact) mass is 274 g/mol. The number of ether oxygens (including phenoxy) is 2. The van der Waals surface area contributed by atoms with Crippen molar-refractivity contribution in [2.45, 2.75) is 6.61 Å². The molecule has 0 spiro atoms. The third-order valence-corrected chi connectivity index (χ3v) is 2.64. The van der Waals surface area contributed by atoms with Crippen LogP contribution in [-0.4, -0.2) is 12.0 Å². The van der Waals surface area contributed by atoms with Gasteiger partial charge in [0.25, 0.3) is 5.69 Å². The third-order valence-electron chi connectivity index (χ3n) is 2.64. The molecule has 2 aromatic rings. The molecular formula is C14H14N2O4. The molecule has 0 aliphatic heterocycles. The second kappa shape index (κ2) is 6.03. The molecule has 0 radical (unpaired) electrons. The van der Waals surface area contributed by atoms with Crippen molar-refractivity contribution in [2.75, 3.05) is 12.8 Å². The molecule has 104 valence electrons. The van der Waals surface area contributed by atoms with Crippen LogP contribution in [0, 0.1) is 10.1 Å². The maximum Gasteiger partial charge on any atom is 0.271 e. The number of nitrogens with zero attached hydrogens (tertiary/aromatic N) is 1. The summed E-state index contributed by atoms with van der Waals surface area (Å²) in [5.41, 5.74) is 6.87. The molecule has 0 fully saturated rings. The van der Waals surface area contributed by atoms with Crippen LogP contribution in [0.3, 0.4) is 0 Å². The second-order valence-corrected chi connectivity index (χ2v) is 4.16. The zero-order valence-electron chi connectivity index (χ0n) is 10.9. The Labute approximate surface area is 115 Å². The van der Waals surface area contributed by atoms with Crippen LogP contribution in [0.15, 0.2) is 42.5 Å². The molecule has 0 saturated heterocycles. The number of methoxy groups -OCH3 is 1. The van der Waals surface area contributed by atoms with Crippen molar-refractivity contribution >= 4 is 11.4 Å². The Morgan fingerprint density at radius 2 is 2.05 bits per heavy atom. The van der Waals surface area contributed by atoms with Crippen molar-refractivity contribution in [1.29, 1.82) is 0 Å². The summed E-state index contributed by atoms with van der Waals surface area (Å²) in [4.78, 5) is 10.1. The molecule has 0 aliphatic rings. The van der Waals surface area contributed by atoms with Crippen molar-refractivity contribution < 1.29 is 14.4 Å². The lowest BCUT2D eigenvalue weighted by molar-refractivity contribution is -0.384. The zero-order chi connectivity index (χ0) is 14.5. The molecule has 0 heterocycles. The predicted molar refractivity (Wildman–Crippen MR) is 74.7 cm³/mol. The molecule has 2 N–H and O–H groups in total. The normalized spacial score (nSPS) is 10.2. The van der Waals surface area contributed by atoms with Crippen LogP contribution in [-0.2, 0) is 11.3 Å². The molecule has 0 amide bonds. The largest absolute Gasteiger partial charge is 0.455 e. The van der Waals surface area contributed by atoms with Gasteiger partial charge >= 0.3 is 0 Å². The molecule has 0 unspecified atom stereocenters. The number of hydrogen-bond acceptors (Lipinski definition) is 5. The molecule has 2 rings (SSSR count). The third kappa shape index (κ3) is 3.24. The van der Waals surface area contributed by atoms with Crippen molar-refractivity contribution in [3.8, 4) is 11.5 Å². The summed E-state index contributed by atoms with van der Waals surface area (Å²) in [6, 6.07) is 11.5. The quantitative estimate of drug-likeness (QED) is 0.514. The second-order valence-electron chi connectivity index (χ2n) is 4.16. The fraction of sp³-hybridized carbons (Fsp3) is 0.143. The van der Waals surface area contributed by atoms with Crippen LogP contribution in [0.4, 0.5) is 11.4 Å². The van der Waals surface area contributed by atoms with Crippen LogP contribution in [0.5, 0.6) is 11.5 Å². The molecule has 20 heavy (non-hydrogen) atoms. The van der Waals surface area contributed by atoms with Gasteiger partial charge in [-0.3, -0.25) is 10.1 Å². The summed E-state index contributed by atoms with van der Waals surface area (Å²) in [6.07, 6.45) is 0. The summed E-state index contributed by atoms with van der Waals surface area (Å²) in [5.74, 6) is 0.977. The SMILES string of the molecule is COCc1cccc(Oc2ccc([N+](=O)[O-])cc2N)c1. The van der Waals surface area contributed by atoms with Gasteiger partial charge in [0.05, 0.1) is 17.2 Å². The summed E-state index contributed by atoms with van der Waals surface area (Å²) in [7, 11) is 1.61. The van der Waals surface area contributed by atoms with E-state index in [0.29, 0.717) is 18.1 Å². The fourth-order valence-electron chi connectivity index (χ4n) is 1.73. The summed E-state index contributed by atoms with van der Waals surface area (Å²) < 4.78 is 10.7. The molecular weight excluding hydrogens is 260 g/mol. The number of nitrogens with two attached hydrogens (primary N) is 1. The van der Waals surface area contributed by atoms with Gasteiger partial charge in [0, 0.05) is 19.2 Å². The van der Waals surface area contributed by atoms with Crippen LogP contribution < -0.4 is 10.5 Å². The van der Waals surface area contributed by atoms with Crippen LogP contribution in [0.2, 0.25) is 0 Å². The molecule has 2 aromatic carbocycles. The molecule has 0 bridgehead atoms. The van der Waals surface area contributed by atoms with Crippen LogP contribution in [0.25, 0.3) is 0 Å².